The highest BCUT2D eigenvalue weighted by Crippen LogP contribution is 2.28. The van der Waals surface area contributed by atoms with E-state index in [1.807, 2.05) is 13.0 Å². The molecule has 0 aliphatic rings. The number of nitrogens with zero attached hydrogens (tertiary/aromatic N) is 1. The maximum Gasteiger partial charge on any atom is 0.175 e. The van der Waals surface area contributed by atoms with Gasteiger partial charge in [0, 0.05) is 28.7 Å². The Morgan fingerprint density at radius 1 is 1.22 bits per heavy atom. The van der Waals surface area contributed by atoms with Crippen molar-refractivity contribution in [3.05, 3.63) is 46.7 Å². The predicted octanol–water partition coefficient (Wildman–Crippen LogP) is 3.22. The van der Waals surface area contributed by atoms with Crippen LogP contribution in [0.25, 0.3) is 11.1 Å². The first kappa shape index (κ1) is 13.2. The number of benzene rings is 1. The lowest BCUT2D eigenvalue weighted by molar-refractivity contribution is 0.602. The van der Waals surface area contributed by atoms with E-state index in [0.717, 1.165) is 21.2 Å². The minimum absolute atomic E-state index is 0.319. The number of hydrogen-bond donors (Lipinski definition) is 0. The van der Waals surface area contributed by atoms with E-state index in [4.69, 9.17) is 0 Å². The second kappa shape index (κ2) is 4.82. The molecule has 0 spiro atoms. The first-order valence-electron chi connectivity index (χ1n) is 5.30. The molecule has 5 heteroatoms. The van der Waals surface area contributed by atoms with E-state index in [1.54, 1.807) is 30.6 Å². The van der Waals surface area contributed by atoms with E-state index in [1.165, 1.54) is 6.26 Å². The van der Waals surface area contributed by atoms with E-state index in [2.05, 4.69) is 20.9 Å². The lowest BCUT2D eigenvalue weighted by Gasteiger charge is -2.08. The van der Waals surface area contributed by atoms with Gasteiger partial charge in [-0.25, -0.2) is 8.42 Å². The van der Waals surface area contributed by atoms with Crippen molar-refractivity contribution in [1.29, 1.82) is 0 Å². The standard InChI is InChI=1S/C13H12BrNO2S/c1-9-12(7-15-8-13(9)14)10-4-3-5-11(6-10)18(2,16)17/h3-8H,1-2H3. The molecule has 0 N–H and O–H groups in total. The van der Waals surface area contributed by atoms with Crippen LogP contribution in [0.3, 0.4) is 0 Å². The quantitative estimate of drug-likeness (QED) is 0.851. The van der Waals surface area contributed by atoms with Crippen LogP contribution in [-0.4, -0.2) is 19.7 Å². The Morgan fingerprint density at radius 3 is 2.61 bits per heavy atom. The van der Waals surface area contributed by atoms with Crippen LogP contribution in [-0.2, 0) is 9.84 Å². The Morgan fingerprint density at radius 2 is 1.94 bits per heavy atom. The topological polar surface area (TPSA) is 47.0 Å². The molecule has 1 aromatic carbocycles. The molecule has 0 unspecified atom stereocenters. The average Bonchev–Trinajstić information content (AvgIpc) is 2.32. The van der Waals surface area contributed by atoms with Gasteiger partial charge in [-0.2, -0.15) is 0 Å². The molecule has 0 aliphatic heterocycles. The Labute approximate surface area is 115 Å². The minimum Gasteiger partial charge on any atom is -0.263 e. The molecule has 18 heavy (non-hydrogen) atoms. The van der Waals surface area contributed by atoms with E-state index in [0.29, 0.717) is 4.90 Å². The summed E-state index contributed by atoms with van der Waals surface area (Å²) in [5, 5.41) is 0. The van der Waals surface area contributed by atoms with Crippen LogP contribution < -0.4 is 0 Å². The second-order valence-electron chi connectivity index (χ2n) is 4.09. The number of hydrogen-bond acceptors (Lipinski definition) is 3. The van der Waals surface area contributed by atoms with Crippen molar-refractivity contribution in [2.75, 3.05) is 6.26 Å². The van der Waals surface area contributed by atoms with Gasteiger partial charge in [-0.05, 0) is 46.1 Å². The van der Waals surface area contributed by atoms with Crippen LogP contribution in [0.5, 0.6) is 0 Å². The molecule has 0 bridgehead atoms. The predicted molar refractivity (Wildman–Crippen MR) is 75.2 cm³/mol. The van der Waals surface area contributed by atoms with E-state index >= 15 is 0 Å². The Kier molecular flexibility index (Phi) is 3.54. The van der Waals surface area contributed by atoms with Crippen molar-refractivity contribution in [3.63, 3.8) is 0 Å². The Balaban J connectivity index is 2.62. The molecule has 94 valence electrons. The van der Waals surface area contributed by atoms with E-state index < -0.39 is 9.84 Å². The van der Waals surface area contributed by atoms with Crippen LogP contribution in [0.15, 0.2) is 46.0 Å². The molecule has 0 fully saturated rings. The number of rotatable bonds is 2. The van der Waals surface area contributed by atoms with Crippen LogP contribution in [0.1, 0.15) is 5.56 Å². The molecule has 2 rings (SSSR count). The summed E-state index contributed by atoms with van der Waals surface area (Å²) < 4.78 is 24.0. The maximum absolute atomic E-state index is 11.5. The van der Waals surface area contributed by atoms with Crippen molar-refractivity contribution < 1.29 is 8.42 Å². The third kappa shape index (κ3) is 2.62. The van der Waals surface area contributed by atoms with Gasteiger partial charge in [0.15, 0.2) is 9.84 Å². The highest BCUT2D eigenvalue weighted by atomic mass is 79.9. The summed E-state index contributed by atoms with van der Waals surface area (Å²) in [6.07, 6.45) is 4.67. The van der Waals surface area contributed by atoms with Gasteiger partial charge in [-0.3, -0.25) is 4.98 Å². The minimum atomic E-state index is -3.19. The summed E-state index contributed by atoms with van der Waals surface area (Å²) in [5.74, 6) is 0. The van der Waals surface area contributed by atoms with Crippen LogP contribution in [0.4, 0.5) is 0 Å². The van der Waals surface area contributed by atoms with Gasteiger partial charge in [0.05, 0.1) is 4.90 Å². The van der Waals surface area contributed by atoms with Gasteiger partial charge >= 0.3 is 0 Å². The monoisotopic (exact) mass is 325 g/mol. The Bertz CT molecular complexity index is 696. The first-order chi connectivity index (χ1) is 8.39. The van der Waals surface area contributed by atoms with Crippen molar-refractivity contribution in [1.82, 2.24) is 4.98 Å². The zero-order chi connectivity index (χ0) is 13.3. The van der Waals surface area contributed by atoms with Crippen LogP contribution in [0.2, 0.25) is 0 Å². The molecule has 0 amide bonds. The molecule has 0 saturated carbocycles. The first-order valence-corrected chi connectivity index (χ1v) is 7.98. The van der Waals surface area contributed by atoms with Gasteiger partial charge in [-0.1, -0.05) is 12.1 Å². The van der Waals surface area contributed by atoms with Gasteiger partial charge in [0.25, 0.3) is 0 Å². The fourth-order valence-electron chi connectivity index (χ4n) is 1.68. The Hall–Kier alpha value is -1.20. The van der Waals surface area contributed by atoms with Crippen molar-refractivity contribution in [2.24, 2.45) is 0 Å². The zero-order valence-electron chi connectivity index (χ0n) is 10.0. The van der Waals surface area contributed by atoms with E-state index in [9.17, 15) is 8.42 Å². The highest BCUT2D eigenvalue weighted by molar-refractivity contribution is 9.10. The van der Waals surface area contributed by atoms with Gasteiger partial charge in [0.2, 0.25) is 0 Å². The molecule has 0 aliphatic carbocycles. The molecule has 2 aromatic rings. The summed E-state index contributed by atoms with van der Waals surface area (Å²) >= 11 is 3.42. The van der Waals surface area contributed by atoms with Crippen molar-refractivity contribution >= 4 is 25.8 Å². The van der Waals surface area contributed by atoms with Crippen molar-refractivity contribution in [3.8, 4) is 11.1 Å². The summed E-state index contributed by atoms with van der Waals surface area (Å²) in [5.41, 5.74) is 2.81. The molecular formula is C13H12BrNO2S. The highest BCUT2D eigenvalue weighted by Gasteiger charge is 2.10. The molecule has 0 radical (unpaired) electrons. The van der Waals surface area contributed by atoms with Gasteiger partial charge in [-0.15, -0.1) is 0 Å². The van der Waals surface area contributed by atoms with Crippen molar-refractivity contribution in [2.45, 2.75) is 11.8 Å². The van der Waals surface area contributed by atoms with Gasteiger partial charge in [0.1, 0.15) is 0 Å². The number of halogens is 1. The van der Waals surface area contributed by atoms with E-state index in [-0.39, 0.29) is 0 Å². The van der Waals surface area contributed by atoms with Gasteiger partial charge < -0.3 is 0 Å². The summed E-state index contributed by atoms with van der Waals surface area (Å²) in [6.45, 7) is 1.97. The number of pyridine rings is 1. The molecule has 1 aromatic heterocycles. The SMILES string of the molecule is Cc1c(Br)cncc1-c1cccc(S(C)(=O)=O)c1. The average molecular weight is 326 g/mol. The molecule has 1 heterocycles. The van der Waals surface area contributed by atoms with Crippen LogP contribution in [0, 0.1) is 6.92 Å². The fraction of sp³-hybridized carbons (Fsp3) is 0.154. The molecule has 0 atom stereocenters. The normalized spacial score (nSPS) is 11.5. The fourth-order valence-corrected chi connectivity index (χ4v) is 2.68. The largest absolute Gasteiger partial charge is 0.263 e. The third-order valence-electron chi connectivity index (χ3n) is 2.73. The summed E-state index contributed by atoms with van der Waals surface area (Å²) in [6, 6.07) is 6.89. The molecule has 0 saturated heterocycles. The number of sulfone groups is 1. The lowest BCUT2D eigenvalue weighted by Crippen LogP contribution is -1.97. The molecular weight excluding hydrogens is 314 g/mol. The maximum atomic E-state index is 11.5. The smallest absolute Gasteiger partial charge is 0.175 e. The zero-order valence-corrected chi connectivity index (χ0v) is 12.4. The van der Waals surface area contributed by atoms with Crippen LogP contribution >= 0.6 is 15.9 Å². The summed E-state index contributed by atoms with van der Waals surface area (Å²) in [7, 11) is -3.19. The third-order valence-corrected chi connectivity index (χ3v) is 4.64. The summed E-state index contributed by atoms with van der Waals surface area (Å²) in [4.78, 5) is 4.44. The second-order valence-corrected chi connectivity index (χ2v) is 6.96. The number of aromatic nitrogens is 1. The lowest BCUT2D eigenvalue weighted by atomic mass is 10.0. The molecule has 3 nitrogen and oxygen atoms in total.